The third-order valence-electron chi connectivity index (χ3n) is 3.16. The number of nitrogens with two attached hydrogens (primary N) is 1. The Morgan fingerprint density at radius 1 is 1.09 bits per heavy atom. The van der Waals surface area contributed by atoms with Gasteiger partial charge in [0.05, 0.1) is 16.4 Å². The number of hydrogen-bond acceptors (Lipinski definition) is 3. The fourth-order valence-corrected chi connectivity index (χ4v) is 3.02. The van der Waals surface area contributed by atoms with Gasteiger partial charge in [0.1, 0.15) is 0 Å². The van der Waals surface area contributed by atoms with Crippen LogP contribution < -0.4 is 10.6 Å². The Hall–Kier alpha value is -1.30. The van der Waals surface area contributed by atoms with Gasteiger partial charge in [0.25, 0.3) is 0 Å². The highest BCUT2D eigenvalue weighted by Gasteiger charge is 2.10. The zero-order chi connectivity index (χ0) is 16.1. The van der Waals surface area contributed by atoms with Crippen molar-refractivity contribution in [3.63, 3.8) is 0 Å². The number of nitrogens with zero attached hydrogens (tertiary/aromatic N) is 2. The second-order valence-electron chi connectivity index (χ2n) is 4.55. The van der Waals surface area contributed by atoms with E-state index in [1.54, 1.807) is 28.4 Å². The minimum Gasteiger partial charge on any atom is -0.369 e. The lowest BCUT2D eigenvalue weighted by atomic mass is 10.2. The van der Waals surface area contributed by atoms with Gasteiger partial charge in [0.2, 0.25) is 5.96 Å². The third-order valence-corrected chi connectivity index (χ3v) is 4.93. The van der Waals surface area contributed by atoms with Gasteiger partial charge in [-0.25, -0.2) is 4.99 Å². The molecule has 0 fully saturated rings. The van der Waals surface area contributed by atoms with Crippen molar-refractivity contribution in [3.8, 4) is 0 Å². The van der Waals surface area contributed by atoms with E-state index in [1.807, 2.05) is 62.0 Å². The average molecular weight is 351 g/mol. The minimum atomic E-state index is 0.401. The molecule has 2 rings (SSSR count). The lowest BCUT2D eigenvalue weighted by molar-refractivity contribution is 1.20. The number of aliphatic imine (C=N–C) groups is 1. The number of halogens is 1. The van der Waals surface area contributed by atoms with Crippen molar-refractivity contribution in [2.45, 2.75) is 9.79 Å². The van der Waals surface area contributed by atoms with E-state index < -0.39 is 0 Å². The highest BCUT2D eigenvalue weighted by molar-refractivity contribution is 7.98. The topological polar surface area (TPSA) is 41.6 Å². The van der Waals surface area contributed by atoms with Crippen LogP contribution in [0.1, 0.15) is 0 Å². The summed E-state index contributed by atoms with van der Waals surface area (Å²) in [5.74, 6) is 0.401. The molecule has 6 heteroatoms. The van der Waals surface area contributed by atoms with Crippen LogP contribution in [0.3, 0.4) is 0 Å². The molecule has 0 atom stereocenters. The van der Waals surface area contributed by atoms with Crippen LogP contribution in [0.2, 0.25) is 5.02 Å². The van der Waals surface area contributed by atoms with E-state index in [0.29, 0.717) is 11.0 Å². The Kier molecular flexibility index (Phi) is 6.06. The second kappa shape index (κ2) is 7.81. The molecule has 0 spiro atoms. The lowest BCUT2D eigenvalue weighted by Gasteiger charge is -2.20. The normalized spacial score (nSPS) is 11.5. The maximum atomic E-state index is 6.28. The third kappa shape index (κ3) is 4.12. The summed E-state index contributed by atoms with van der Waals surface area (Å²) in [7, 11) is 1.86. The molecule has 0 bridgehead atoms. The van der Waals surface area contributed by atoms with E-state index in [1.165, 1.54) is 0 Å². The van der Waals surface area contributed by atoms with E-state index in [9.17, 15) is 0 Å². The van der Waals surface area contributed by atoms with Gasteiger partial charge in [-0.2, -0.15) is 0 Å². The van der Waals surface area contributed by atoms with E-state index in [2.05, 4.69) is 4.99 Å². The Balaban J connectivity index is 2.31. The van der Waals surface area contributed by atoms with Crippen LogP contribution in [0.4, 0.5) is 11.4 Å². The summed E-state index contributed by atoms with van der Waals surface area (Å²) in [5.41, 5.74) is 7.81. The molecule has 0 unspecified atom stereocenters. The number of hydrogen-bond donors (Lipinski definition) is 1. The molecule has 0 aliphatic rings. The Morgan fingerprint density at radius 3 is 2.45 bits per heavy atom. The Bertz CT molecular complexity index is 689. The average Bonchev–Trinajstić information content (AvgIpc) is 2.54. The van der Waals surface area contributed by atoms with E-state index in [-0.39, 0.29) is 0 Å². The van der Waals surface area contributed by atoms with Gasteiger partial charge >= 0.3 is 0 Å². The van der Waals surface area contributed by atoms with Crippen LogP contribution in [0, 0.1) is 0 Å². The Morgan fingerprint density at radius 2 is 1.77 bits per heavy atom. The molecule has 3 nitrogen and oxygen atoms in total. The van der Waals surface area contributed by atoms with Gasteiger partial charge in [-0.3, -0.25) is 0 Å². The predicted octanol–water partition coefficient (Wildman–Crippen LogP) is 4.87. The molecule has 2 N–H and O–H groups in total. The lowest BCUT2D eigenvalue weighted by Crippen LogP contribution is -2.33. The summed E-state index contributed by atoms with van der Waals surface area (Å²) in [6.07, 6.45) is 4.06. The van der Waals surface area contributed by atoms with Crippen LogP contribution in [-0.2, 0) is 0 Å². The van der Waals surface area contributed by atoms with Crippen molar-refractivity contribution in [1.82, 2.24) is 0 Å². The zero-order valence-corrected chi connectivity index (χ0v) is 15.1. The summed E-state index contributed by atoms with van der Waals surface area (Å²) < 4.78 is 0. The van der Waals surface area contributed by atoms with Crippen LogP contribution in [0.25, 0.3) is 0 Å². The number of rotatable bonds is 4. The van der Waals surface area contributed by atoms with Gasteiger partial charge in [0.15, 0.2) is 0 Å². The highest BCUT2D eigenvalue weighted by Crippen LogP contribution is 2.30. The molecular weight excluding hydrogens is 333 g/mol. The van der Waals surface area contributed by atoms with Crippen molar-refractivity contribution in [2.75, 3.05) is 24.5 Å². The van der Waals surface area contributed by atoms with E-state index >= 15 is 0 Å². The molecule has 0 amide bonds. The van der Waals surface area contributed by atoms with Crippen molar-refractivity contribution >= 4 is 52.5 Å². The van der Waals surface area contributed by atoms with Gasteiger partial charge in [0, 0.05) is 16.8 Å². The smallest absolute Gasteiger partial charge is 0.200 e. The predicted molar refractivity (Wildman–Crippen MR) is 101 cm³/mol. The van der Waals surface area contributed by atoms with Crippen LogP contribution >= 0.6 is 35.1 Å². The summed E-state index contributed by atoms with van der Waals surface area (Å²) in [4.78, 5) is 8.56. The van der Waals surface area contributed by atoms with Crippen molar-refractivity contribution in [2.24, 2.45) is 10.7 Å². The summed E-state index contributed by atoms with van der Waals surface area (Å²) in [6, 6.07) is 13.8. The second-order valence-corrected chi connectivity index (χ2v) is 6.71. The molecule has 22 heavy (non-hydrogen) atoms. The highest BCUT2D eigenvalue weighted by atomic mass is 35.5. The molecule has 0 aromatic heterocycles. The first-order chi connectivity index (χ1) is 10.5. The standard InChI is InChI=1S/C16H18ClN3S2/c1-20(15-10-13(22-3)7-8-14(15)17)16(18)19-11-5-4-6-12(9-11)21-2/h4-10H,1-3H3,(H2,18,19)/i1-1. The molecule has 0 saturated heterocycles. The number of guanidine groups is 1. The summed E-state index contributed by atoms with van der Waals surface area (Å²) >= 11 is 9.61. The first-order valence-corrected chi connectivity index (χ1v) is 9.43. The molecule has 2 aromatic carbocycles. The monoisotopic (exact) mass is 350 g/mol. The number of benzene rings is 2. The fraction of sp³-hybridized carbons (Fsp3) is 0.188. The minimum absolute atomic E-state index is 0.401. The number of anilines is 1. The van der Waals surface area contributed by atoms with Crippen molar-refractivity contribution in [1.29, 1.82) is 0 Å². The van der Waals surface area contributed by atoms with Crippen LogP contribution in [0.15, 0.2) is 57.2 Å². The summed E-state index contributed by atoms with van der Waals surface area (Å²) in [6.45, 7) is 0. The van der Waals surface area contributed by atoms with Crippen LogP contribution in [0.5, 0.6) is 0 Å². The summed E-state index contributed by atoms with van der Waals surface area (Å²) in [5, 5.41) is 0.649. The maximum absolute atomic E-state index is 6.28. The fourth-order valence-electron chi connectivity index (χ4n) is 1.89. The SMILES string of the molecule is CSc1cccc(N=C(N)N([11CH3])c2cc(SC)ccc2Cl)c1. The molecule has 0 aliphatic carbocycles. The van der Waals surface area contributed by atoms with Gasteiger partial charge in [-0.15, -0.1) is 23.5 Å². The van der Waals surface area contributed by atoms with Crippen LogP contribution in [-0.4, -0.2) is 25.5 Å². The quantitative estimate of drug-likeness (QED) is 0.485. The molecule has 2 aromatic rings. The molecule has 0 aliphatic heterocycles. The maximum Gasteiger partial charge on any atom is 0.200 e. The largest absolute Gasteiger partial charge is 0.369 e. The van der Waals surface area contributed by atoms with Gasteiger partial charge in [-0.1, -0.05) is 17.7 Å². The molecular formula is C16H18ClN3S2. The number of thioether (sulfide) groups is 2. The molecule has 0 heterocycles. The van der Waals surface area contributed by atoms with Crippen molar-refractivity contribution < 1.29 is 0 Å². The molecule has 116 valence electrons. The molecule has 0 saturated carbocycles. The molecule has 0 radical (unpaired) electrons. The first kappa shape index (κ1) is 17.1. The van der Waals surface area contributed by atoms with E-state index in [4.69, 9.17) is 17.3 Å². The zero-order valence-electron chi connectivity index (χ0n) is 12.7. The Labute approximate surface area is 144 Å². The van der Waals surface area contributed by atoms with Gasteiger partial charge < -0.3 is 10.6 Å². The van der Waals surface area contributed by atoms with Crippen molar-refractivity contribution in [3.05, 3.63) is 47.5 Å². The van der Waals surface area contributed by atoms with E-state index in [0.717, 1.165) is 21.2 Å². The van der Waals surface area contributed by atoms with Gasteiger partial charge in [-0.05, 0) is 48.9 Å². The first-order valence-electron chi connectivity index (χ1n) is 6.60.